The first-order valence-electron chi connectivity index (χ1n) is 8.91. The number of nitroso groups, excluding NO2 is 1. The van der Waals surface area contributed by atoms with Crippen molar-refractivity contribution in [1.82, 2.24) is 5.59 Å². The van der Waals surface area contributed by atoms with Crippen LogP contribution in [0.1, 0.15) is 0 Å². The van der Waals surface area contributed by atoms with E-state index in [1.54, 1.807) is 62.6 Å². The molecule has 0 aromatic rings. The molecule has 0 saturated carbocycles. The van der Waals surface area contributed by atoms with E-state index in [0.717, 1.165) is 0 Å². The van der Waals surface area contributed by atoms with Crippen molar-refractivity contribution in [3.8, 4) is 0 Å². The standard InChI is InChI=1S/5C2H6OS.3CHF3O3S.NO.Ru/c5*1-4(2)3;3*2-1(3,4)8(5,6)7;1-2;/h5*1-2H3;3*(H,5,6,7);;/q;;;;;;;;;+3/p-3. The monoisotopic (exact) mass is 969 g/mol. The molecular formula is C13H30F9NO15RuS8. The zero-order chi connectivity index (χ0) is 40.9. The first kappa shape index (κ1) is 72.7. The van der Waals surface area contributed by atoms with Crippen molar-refractivity contribution in [2.75, 3.05) is 62.6 Å². The predicted molar refractivity (Wildman–Crippen MR) is 153 cm³/mol. The Bertz CT molecular complexity index is 1020. The third kappa shape index (κ3) is 122. The quantitative estimate of drug-likeness (QED) is 0.130. The largest absolute Gasteiger partial charge is 3.00 e. The summed E-state index contributed by atoms with van der Waals surface area (Å²) in [4.78, 5) is 7.25. The van der Waals surface area contributed by atoms with Crippen molar-refractivity contribution in [2.24, 2.45) is 0 Å². The Balaban J connectivity index is -0.0000000421. The van der Waals surface area contributed by atoms with Crippen molar-refractivity contribution in [2.45, 2.75) is 16.5 Å². The van der Waals surface area contributed by atoms with Crippen molar-refractivity contribution in [3.05, 3.63) is 4.91 Å². The third-order valence-corrected chi connectivity index (χ3v) is 2.55. The molecule has 0 spiro atoms. The molecule has 296 valence electrons. The van der Waals surface area contributed by atoms with Gasteiger partial charge in [0.05, 0.1) is 0 Å². The first-order valence-corrected chi connectivity index (χ1v) is 23.0. The van der Waals surface area contributed by atoms with E-state index >= 15 is 0 Å². The summed E-state index contributed by atoms with van der Waals surface area (Å²) in [5.74, 6) is 0. The van der Waals surface area contributed by atoms with Gasteiger partial charge in [-0.2, -0.15) is 39.5 Å². The van der Waals surface area contributed by atoms with Crippen molar-refractivity contribution in [1.29, 1.82) is 0 Å². The molecule has 0 aliphatic rings. The Labute approximate surface area is 291 Å². The molecule has 0 saturated heterocycles. The van der Waals surface area contributed by atoms with Gasteiger partial charge in [-0.25, -0.2) is 25.3 Å². The van der Waals surface area contributed by atoms with E-state index in [2.05, 4.69) is 0 Å². The van der Waals surface area contributed by atoms with E-state index in [-0.39, 0.29) is 19.5 Å². The second-order valence-corrected chi connectivity index (χ2v) is 17.9. The minimum Gasteiger partial charge on any atom is -0.741 e. The van der Waals surface area contributed by atoms with Crippen LogP contribution >= 0.6 is 0 Å². The van der Waals surface area contributed by atoms with E-state index in [4.69, 9.17) is 49.4 Å². The van der Waals surface area contributed by atoms with E-state index < -0.39 is 101 Å². The molecule has 0 aromatic heterocycles. The maximum absolute atomic E-state index is 10.7. The second kappa shape index (κ2) is 35.9. The molecule has 16 nitrogen and oxygen atoms in total. The van der Waals surface area contributed by atoms with Crippen LogP contribution in [0.4, 0.5) is 39.5 Å². The molecule has 0 N–H and O–H groups in total. The van der Waals surface area contributed by atoms with Gasteiger partial charge in [-0.1, -0.05) is 0 Å². The summed E-state index contributed by atoms with van der Waals surface area (Å²) in [6.07, 6.45) is 16.4. The zero-order valence-corrected chi connectivity index (χ0v) is 33.4. The molecule has 0 amide bonds. The smallest absolute Gasteiger partial charge is 0.741 e. The van der Waals surface area contributed by atoms with Crippen LogP contribution < -0.4 is 5.59 Å². The molecule has 2 radical (unpaired) electrons. The van der Waals surface area contributed by atoms with Gasteiger partial charge in [0.15, 0.2) is 30.4 Å². The summed E-state index contributed by atoms with van der Waals surface area (Å²) in [6, 6.07) is 0. The third-order valence-electron chi connectivity index (χ3n) is 0.850. The van der Waals surface area contributed by atoms with Gasteiger partial charge >= 0.3 is 36.0 Å². The fourth-order valence-corrected chi connectivity index (χ4v) is 0. The Kier molecular flexibility index (Phi) is 55.5. The van der Waals surface area contributed by atoms with Crippen LogP contribution in [0.5, 0.6) is 0 Å². The normalized spacial score (nSPS) is 11.0. The van der Waals surface area contributed by atoms with E-state index in [0.29, 0.717) is 0 Å². The van der Waals surface area contributed by atoms with E-state index in [9.17, 15) is 60.6 Å². The Hall–Kier alpha value is 0.0734. The second-order valence-electron chi connectivity index (χ2n) is 6.41. The summed E-state index contributed by atoms with van der Waals surface area (Å²) in [7, 11) is -21.3. The van der Waals surface area contributed by atoms with Crippen LogP contribution in [0, 0.1) is 4.91 Å². The topological polar surface area (TPSA) is 296 Å². The molecule has 0 aromatic carbocycles. The number of alkyl halides is 9. The maximum Gasteiger partial charge on any atom is 3.00 e. The summed E-state index contributed by atoms with van der Waals surface area (Å²) < 4.78 is 224. The van der Waals surface area contributed by atoms with Gasteiger partial charge in [0, 0.05) is 117 Å². The van der Waals surface area contributed by atoms with Crippen LogP contribution in [0.25, 0.3) is 0 Å². The van der Waals surface area contributed by atoms with Gasteiger partial charge in [-0.15, -0.1) is 4.91 Å². The molecule has 0 heterocycles. The average molecular weight is 969 g/mol. The Morgan fingerprint density at radius 1 is 0.383 bits per heavy atom. The van der Waals surface area contributed by atoms with Crippen LogP contribution in [-0.4, -0.2) is 139 Å². The SMILES string of the molecule is CS(C)=O.CS(C)=O.CS(C)=O.CS(C)=O.CS(C)=O.O=S(=O)([O-])C(F)(F)F.O=S(=O)([O-])C(F)(F)F.O=S(=O)([O-])C(F)(F)F.[N]=O.[Ru+3]. The van der Waals surface area contributed by atoms with Gasteiger partial charge in [0.25, 0.3) is 0 Å². The molecule has 0 aliphatic carbocycles. The minimum absolute atomic E-state index is 0. The summed E-state index contributed by atoms with van der Waals surface area (Å²) in [5, 5.41) is 0. The van der Waals surface area contributed by atoms with Gasteiger partial charge < -0.3 is 13.7 Å². The fraction of sp³-hybridized carbons (Fsp3) is 1.00. The number of halogens is 9. The molecule has 0 rings (SSSR count). The number of nitrogens with zero attached hydrogens (tertiary/aromatic N) is 1. The molecular weight excluding hydrogens is 939 g/mol. The molecule has 34 heteroatoms. The minimum atomic E-state index is -6.09. The van der Waals surface area contributed by atoms with Gasteiger partial charge in [-0.3, -0.25) is 21.0 Å². The zero-order valence-electron chi connectivity index (χ0n) is 25.1. The van der Waals surface area contributed by atoms with Gasteiger partial charge in [0.1, 0.15) is 5.59 Å². The summed E-state index contributed by atoms with van der Waals surface area (Å²) >= 11 is 0. The van der Waals surface area contributed by atoms with Crippen LogP contribution in [0.15, 0.2) is 0 Å². The maximum atomic E-state index is 10.7. The van der Waals surface area contributed by atoms with E-state index in [1.165, 1.54) is 0 Å². The molecule has 0 aliphatic heterocycles. The molecule has 0 atom stereocenters. The number of hydrogen-bond donors (Lipinski definition) is 0. The van der Waals surface area contributed by atoms with Crippen molar-refractivity contribution in [3.63, 3.8) is 0 Å². The van der Waals surface area contributed by atoms with E-state index in [1.807, 2.05) is 0 Å². The van der Waals surface area contributed by atoms with Crippen molar-refractivity contribution < 1.29 is 119 Å². The van der Waals surface area contributed by atoms with Crippen LogP contribution in [0.3, 0.4) is 0 Å². The molecule has 0 bridgehead atoms. The van der Waals surface area contributed by atoms with Crippen LogP contribution in [-0.2, 0) is 104 Å². The summed E-state index contributed by atoms with van der Waals surface area (Å²) in [5.41, 5.74) is -11.2. The van der Waals surface area contributed by atoms with Gasteiger partial charge in [0.2, 0.25) is 0 Å². The number of hydrogen-bond acceptors (Lipinski definition) is 15. The predicted octanol–water partition coefficient (Wildman–Crippen LogP) is -0.322. The molecule has 0 unspecified atom stereocenters. The van der Waals surface area contributed by atoms with Crippen LogP contribution in [0.2, 0.25) is 0 Å². The Morgan fingerprint density at radius 2 is 0.404 bits per heavy atom. The Morgan fingerprint density at radius 3 is 0.404 bits per heavy atom. The molecule has 47 heavy (non-hydrogen) atoms. The van der Waals surface area contributed by atoms with Gasteiger partial charge in [-0.05, 0) is 0 Å². The first-order chi connectivity index (χ1) is 19.4. The van der Waals surface area contributed by atoms with Crippen molar-refractivity contribution >= 4 is 84.4 Å². The number of rotatable bonds is 0. The molecule has 0 fully saturated rings. The average Bonchev–Trinajstić information content (AvgIpc) is 2.63. The fourth-order valence-electron chi connectivity index (χ4n) is 0. The summed E-state index contributed by atoms with van der Waals surface area (Å²) in [6.45, 7) is 0.